The topological polar surface area (TPSA) is 115 Å². The van der Waals surface area contributed by atoms with Gasteiger partial charge < -0.3 is 14.1 Å². The van der Waals surface area contributed by atoms with Crippen molar-refractivity contribution in [2.45, 2.75) is 39.5 Å². The quantitative estimate of drug-likeness (QED) is 0.353. The van der Waals surface area contributed by atoms with E-state index in [1.807, 2.05) is 46.9 Å². The lowest BCUT2D eigenvalue weighted by Crippen LogP contribution is -2.39. The molecule has 192 valence electrons. The van der Waals surface area contributed by atoms with Gasteiger partial charge in [0.1, 0.15) is 11.6 Å². The predicted molar refractivity (Wildman–Crippen MR) is 140 cm³/mol. The second-order valence-corrected chi connectivity index (χ2v) is 10.3. The molecule has 0 atom stereocenters. The molecule has 0 saturated carbocycles. The van der Waals surface area contributed by atoms with Crippen LogP contribution in [0.5, 0.6) is 11.7 Å². The van der Waals surface area contributed by atoms with Crippen molar-refractivity contribution in [1.29, 1.82) is 0 Å². The maximum Gasteiger partial charge on any atom is 0.305 e. The van der Waals surface area contributed by atoms with Crippen molar-refractivity contribution in [1.82, 2.24) is 20.2 Å². The van der Waals surface area contributed by atoms with Crippen LogP contribution in [0.25, 0.3) is 11.0 Å². The number of benzene rings is 1. The molecule has 0 radical (unpaired) electrons. The number of rotatable bonds is 5. The maximum atomic E-state index is 12.7. The summed E-state index contributed by atoms with van der Waals surface area (Å²) in [6, 6.07) is 8.40. The summed E-state index contributed by atoms with van der Waals surface area (Å²) in [5, 5.41) is 5.70. The van der Waals surface area contributed by atoms with Crippen molar-refractivity contribution >= 4 is 46.0 Å². The Hall–Kier alpha value is -4.05. The van der Waals surface area contributed by atoms with Gasteiger partial charge in [-0.2, -0.15) is 5.10 Å². The fourth-order valence-corrected chi connectivity index (χ4v) is 4.87. The van der Waals surface area contributed by atoms with Crippen molar-refractivity contribution < 1.29 is 18.7 Å². The van der Waals surface area contributed by atoms with E-state index in [1.165, 1.54) is 6.07 Å². The van der Waals surface area contributed by atoms with Gasteiger partial charge in [0.05, 0.1) is 10.7 Å². The van der Waals surface area contributed by atoms with Crippen LogP contribution in [0.1, 0.15) is 47.6 Å². The van der Waals surface area contributed by atoms with E-state index >= 15 is 0 Å². The Bertz CT molecular complexity index is 1570. The molecule has 0 unspecified atom stereocenters. The summed E-state index contributed by atoms with van der Waals surface area (Å²) in [4.78, 5) is 31.2. The molecule has 4 aromatic rings. The molecule has 1 aromatic carbocycles. The summed E-state index contributed by atoms with van der Waals surface area (Å²) >= 11 is 6.46. The lowest BCUT2D eigenvalue weighted by atomic mass is 9.77. The van der Waals surface area contributed by atoms with Crippen molar-refractivity contribution in [3.63, 3.8) is 0 Å². The van der Waals surface area contributed by atoms with Crippen LogP contribution in [0.4, 0.5) is 11.5 Å². The van der Waals surface area contributed by atoms with Crippen LogP contribution in [-0.2, 0) is 17.3 Å². The number of nitrogens with zero attached hydrogens (tertiary/aromatic N) is 4. The number of nitrogens with one attached hydrogen (secondary N) is 2. The smallest absolute Gasteiger partial charge is 0.305 e. The molecule has 10 nitrogen and oxygen atoms in total. The van der Waals surface area contributed by atoms with Gasteiger partial charge in [-0.05, 0) is 49.2 Å². The normalized spacial score (nSPS) is 14.6. The van der Waals surface area contributed by atoms with Gasteiger partial charge in [-0.25, -0.2) is 4.98 Å². The molecule has 1 aliphatic heterocycles. The van der Waals surface area contributed by atoms with E-state index < -0.39 is 5.91 Å². The van der Waals surface area contributed by atoms with Crippen LogP contribution >= 0.6 is 11.6 Å². The number of halogens is 1. The van der Waals surface area contributed by atoms with Crippen LogP contribution < -0.4 is 20.5 Å². The van der Waals surface area contributed by atoms with Crippen LogP contribution in [-0.4, -0.2) is 33.6 Å². The van der Waals surface area contributed by atoms with E-state index in [-0.39, 0.29) is 23.0 Å². The third kappa shape index (κ3) is 4.37. The molecule has 0 aliphatic carbocycles. The van der Waals surface area contributed by atoms with Gasteiger partial charge in [0, 0.05) is 43.1 Å². The fraction of sp³-hybridized carbons (Fsp3) is 0.308. The molecule has 37 heavy (non-hydrogen) atoms. The minimum atomic E-state index is -0.506. The van der Waals surface area contributed by atoms with E-state index in [0.29, 0.717) is 28.7 Å². The molecule has 5 rings (SSSR count). The maximum absolute atomic E-state index is 12.7. The second kappa shape index (κ2) is 8.81. The third-order valence-electron chi connectivity index (χ3n) is 6.59. The Balaban J connectivity index is 1.31. The number of fused-ring (bicyclic) bond motifs is 2. The SMILES string of the molecule is Cc1cc(NNC(=O)c2ccc(Oc3cc4c(cc3Cl)N(C)C(=O)CC4(C)C)o2)nc2c1c(C)nn2C. The minimum absolute atomic E-state index is 0.0262. The molecule has 0 saturated heterocycles. The van der Waals surface area contributed by atoms with Gasteiger partial charge in [0.15, 0.2) is 11.4 Å². The van der Waals surface area contributed by atoms with Crippen molar-refractivity contribution in [2.75, 3.05) is 17.4 Å². The van der Waals surface area contributed by atoms with Crippen molar-refractivity contribution in [2.24, 2.45) is 7.05 Å². The standard InChI is InChI=1S/C26H27ClN6O4/c1-13-9-20(28-24-23(13)14(2)31-33(24)6)29-30-25(35)18-7-8-22(36-18)37-19-10-15-17(11-16(19)27)32(5)21(34)12-26(15,3)4/h7-11H,12H2,1-6H3,(H,28,29)(H,30,35). The molecule has 0 fully saturated rings. The lowest BCUT2D eigenvalue weighted by molar-refractivity contribution is -0.119. The summed E-state index contributed by atoms with van der Waals surface area (Å²) in [5.41, 5.74) is 9.30. The first kappa shape index (κ1) is 24.6. The molecule has 0 bridgehead atoms. The second-order valence-electron chi connectivity index (χ2n) is 9.85. The van der Waals surface area contributed by atoms with E-state index in [0.717, 1.165) is 27.9 Å². The average molecular weight is 523 g/mol. The monoisotopic (exact) mass is 522 g/mol. The number of furan rings is 1. The first-order chi connectivity index (χ1) is 17.4. The average Bonchev–Trinajstić information content (AvgIpc) is 3.41. The number of ether oxygens (including phenoxy) is 1. The summed E-state index contributed by atoms with van der Waals surface area (Å²) in [6.45, 7) is 7.89. The molecular formula is C26H27ClN6O4. The molecule has 0 spiro atoms. The van der Waals surface area contributed by atoms with Gasteiger partial charge in [0.2, 0.25) is 5.91 Å². The Morgan fingerprint density at radius 1 is 1.19 bits per heavy atom. The fourth-order valence-electron chi connectivity index (χ4n) is 4.68. The molecule has 3 aromatic heterocycles. The number of aromatic nitrogens is 3. The summed E-state index contributed by atoms with van der Waals surface area (Å²) in [7, 11) is 3.55. The highest BCUT2D eigenvalue weighted by atomic mass is 35.5. The Morgan fingerprint density at radius 2 is 1.95 bits per heavy atom. The Labute approximate surface area is 218 Å². The van der Waals surface area contributed by atoms with Gasteiger partial charge in [-0.1, -0.05) is 25.4 Å². The molecule has 2 N–H and O–H groups in total. The minimum Gasteiger partial charge on any atom is -0.424 e. The van der Waals surface area contributed by atoms with Crippen LogP contribution in [0.3, 0.4) is 0 Å². The van der Waals surface area contributed by atoms with Gasteiger partial charge in [0.25, 0.3) is 5.95 Å². The number of aryl methyl sites for hydroxylation is 3. The number of hydrogen-bond acceptors (Lipinski definition) is 7. The zero-order valence-corrected chi connectivity index (χ0v) is 22.1. The molecule has 1 aliphatic rings. The van der Waals surface area contributed by atoms with Crippen LogP contribution in [0.2, 0.25) is 5.02 Å². The number of pyridine rings is 1. The number of hydrazine groups is 1. The van der Waals surface area contributed by atoms with E-state index in [2.05, 4.69) is 20.9 Å². The Kier molecular flexibility index (Phi) is 5.86. The largest absolute Gasteiger partial charge is 0.424 e. The summed E-state index contributed by atoms with van der Waals surface area (Å²) in [6.07, 6.45) is 0.372. The van der Waals surface area contributed by atoms with Gasteiger partial charge in [-0.15, -0.1) is 0 Å². The molecule has 11 heteroatoms. The van der Waals surface area contributed by atoms with Crippen LogP contribution in [0, 0.1) is 13.8 Å². The summed E-state index contributed by atoms with van der Waals surface area (Å²) in [5.74, 6) is 0.500. The van der Waals surface area contributed by atoms with Crippen molar-refractivity contribution in [3.05, 3.63) is 57.9 Å². The summed E-state index contributed by atoms with van der Waals surface area (Å²) < 4.78 is 13.2. The number of carbonyl (C=O) groups is 2. The molecular weight excluding hydrogens is 496 g/mol. The zero-order valence-electron chi connectivity index (χ0n) is 21.4. The Morgan fingerprint density at radius 3 is 2.70 bits per heavy atom. The number of hydrogen-bond donors (Lipinski definition) is 2. The molecule has 2 amide bonds. The van der Waals surface area contributed by atoms with E-state index in [1.54, 1.807) is 28.8 Å². The number of carbonyl (C=O) groups excluding carboxylic acids is 2. The number of amides is 2. The highest BCUT2D eigenvalue weighted by Crippen LogP contribution is 2.45. The number of anilines is 2. The van der Waals surface area contributed by atoms with Gasteiger partial charge in [-0.3, -0.25) is 25.1 Å². The van der Waals surface area contributed by atoms with Gasteiger partial charge >= 0.3 is 5.91 Å². The highest BCUT2D eigenvalue weighted by Gasteiger charge is 2.36. The molecule has 4 heterocycles. The van der Waals surface area contributed by atoms with Crippen LogP contribution in [0.15, 0.2) is 34.7 Å². The lowest BCUT2D eigenvalue weighted by Gasteiger charge is -2.37. The van der Waals surface area contributed by atoms with E-state index in [9.17, 15) is 9.59 Å². The highest BCUT2D eigenvalue weighted by molar-refractivity contribution is 6.32. The first-order valence-electron chi connectivity index (χ1n) is 11.7. The first-order valence-corrected chi connectivity index (χ1v) is 12.1. The third-order valence-corrected chi connectivity index (χ3v) is 6.89. The zero-order chi connectivity index (χ0) is 26.6. The van der Waals surface area contributed by atoms with Crippen molar-refractivity contribution in [3.8, 4) is 11.7 Å². The predicted octanol–water partition coefficient (Wildman–Crippen LogP) is 5.02. The van der Waals surface area contributed by atoms with E-state index in [4.69, 9.17) is 20.8 Å².